The Morgan fingerprint density at radius 1 is 1.36 bits per heavy atom. The maximum absolute atomic E-state index is 12.1. The summed E-state index contributed by atoms with van der Waals surface area (Å²) in [6.07, 6.45) is 3.93. The van der Waals surface area contributed by atoms with Crippen molar-refractivity contribution in [3.8, 4) is 11.8 Å². The number of amides is 1. The fraction of sp³-hybridized carbons (Fsp3) is 0.632. The number of carbonyl (C=O) groups is 1. The zero-order chi connectivity index (χ0) is 20.8. The molecule has 9 heteroatoms. The molecule has 0 unspecified atom stereocenters. The van der Waals surface area contributed by atoms with Crippen LogP contribution in [0, 0.1) is 11.8 Å². The molecule has 0 spiro atoms. The number of hydrogen-bond donors (Lipinski definition) is 4. The van der Waals surface area contributed by atoms with Crippen LogP contribution in [0.25, 0.3) is 0 Å². The first-order chi connectivity index (χ1) is 13.1. The molecule has 8 nitrogen and oxygen atoms in total. The quantitative estimate of drug-likeness (QED) is 0.342. The highest BCUT2D eigenvalue weighted by atomic mass is 35.5. The van der Waals surface area contributed by atoms with Gasteiger partial charge in [-0.05, 0) is 51.1 Å². The van der Waals surface area contributed by atoms with Gasteiger partial charge in [-0.25, -0.2) is 9.78 Å². The molecule has 154 valence electrons. The topological polar surface area (TPSA) is 117 Å². The molecule has 1 heterocycles. The smallest absolute Gasteiger partial charge is 0.407 e. The van der Waals surface area contributed by atoms with Crippen LogP contribution >= 0.6 is 11.6 Å². The lowest BCUT2D eigenvalue weighted by atomic mass is 9.81. The minimum absolute atomic E-state index is 0.0451. The molecule has 0 radical (unpaired) electrons. The molecule has 0 atom stereocenters. The van der Waals surface area contributed by atoms with E-state index in [4.69, 9.17) is 26.6 Å². The second-order valence-electron chi connectivity index (χ2n) is 7.87. The molecular formula is C19H27ClN4O4. The van der Waals surface area contributed by atoms with Gasteiger partial charge >= 0.3 is 6.09 Å². The van der Waals surface area contributed by atoms with Crippen LogP contribution in [0.3, 0.4) is 0 Å². The van der Waals surface area contributed by atoms with Crippen molar-refractivity contribution < 1.29 is 19.7 Å². The Balaban J connectivity index is 2.21. The van der Waals surface area contributed by atoms with Crippen molar-refractivity contribution in [3.63, 3.8) is 0 Å². The van der Waals surface area contributed by atoms with Crippen molar-refractivity contribution in [2.45, 2.75) is 70.3 Å². The van der Waals surface area contributed by atoms with Gasteiger partial charge in [0.1, 0.15) is 11.4 Å². The van der Waals surface area contributed by atoms with Gasteiger partial charge in [0.05, 0.1) is 11.1 Å². The minimum atomic E-state index is -1.76. The SMILES string of the molecule is CC(C)(C)OC(=O)NCC1(Nc2nc(Cl)ncc2C#CC(O)O)CCCCC1. The Morgan fingerprint density at radius 3 is 2.64 bits per heavy atom. The Morgan fingerprint density at radius 2 is 2.04 bits per heavy atom. The summed E-state index contributed by atoms with van der Waals surface area (Å²) >= 11 is 5.94. The van der Waals surface area contributed by atoms with Gasteiger partial charge in [0.25, 0.3) is 0 Å². The average Bonchev–Trinajstić information content (AvgIpc) is 2.59. The number of carbonyl (C=O) groups excluding carboxylic acids is 1. The van der Waals surface area contributed by atoms with Gasteiger partial charge in [-0.15, -0.1) is 0 Å². The lowest BCUT2D eigenvalue weighted by Crippen LogP contribution is -2.51. The number of ether oxygens (including phenoxy) is 1. The summed E-state index contributed by atoms with van der Waals surface area (Å²) in [6.45, 7) is 5.78. The number of aliphatic hydroxyl groups is 2. The van der Waals surface area contributed by atoms with Gasteiger partial charge in [0, 0.05) is 12.7 Å². The highest BCUT2D eigenvalue weighted by Gasteiger charge is 2.34. The van der Waals surface area contributed by atoms with E-state index < -0.39 is 23.5 Å². The van der Waals surface area contributed by atoms with E-state index in [9.17, 15) is 4.79 Å². The van der Waals surface area contributed by atoms with Crippen LogP contribution in [0.2, 0.25) is 5.28 Å². The van der Waals surface area contributed by atoms with E-state index >= 15 is 0 Å². The van der Waals surface area contributed by atoms with E-state index in [1.807, 2.05) is 20.8 Å². The molecule has 0 aliphatic heterocycles. The normalized spacial score (nSPS) is 16.1. The molecule has 1 fully saturated rings. The van der Waals surface area contributed by atoms with Crippen molar-refractivity contribution >= 4 is 23.5 Å². The van der Waals surface area contributed by atoms with E-state index in [-0.39, 0.29) is 5.28 Å². The number of aliphatic hydroxyl groups excluding tert-OH is 1. The van der Waals surface area contributed by atoms with Gasteiger partial charge in [-0.1, -0.05) is 25.2 Å². The summed E-state index contributed by atoms with van der Waals surface area (Å²) < 4.78 is 5.33. The Hall–Kier alpha value is -2.08. The number of alkyl carbamates (subject to hydrolysis) is 1. The fourth-order valence-electron chi connectivity index (χ4n) is 3.07. The number of nitrogens with zero attached hydrogens (tertiary/aromatic N) is 2. The van der Waals surface area contributed by atoms with Crippen LogP contribution in [0.1, 0.15) is 58.4 Å². The van der Waals surface area contributed by atoms with Crippen molar-refractivity contribution in [2.24, 2.45) is 0 Å². The van der Waals surface area contributed by atoms with Gasteiger partial charge in [-0.3, -0.25) is 0 Å². The first kappa shape index (κ1) is 22.2. The standard InChI is InChI=1S/C19H27ClN4O4/c1-18(2,3)28-17(27)22-12-19(9-5-4-6-10-19)24-15-13(7-8-14(25)26)11-21-16(20)23-15/h11,14,25-26H,4-6,9-10,12H2,1-3H3,(H,22,27)(H,21,23,24). The molecule has 0 saturated heterocycles. The van der Waals surface area contributed by atoms with Crippen LogP contribution in [0.5, 0.6) is 0 Å². The Bertz CT molecular complexity index is 747. The average molecular weight is 411 g/mol. The van der Waals surface area contributed by atoms with E-state index in [0.717, 1.165) is 32.1 Å². The molecule has 2 rings (SSSR count). The molecule has 0 aromatic carbocycles. The third-order valence-corrected chi connectivity index (χ3v) is 4.44. The molecular weight excluding hydrogens is 384 g/mol. The second-order valence-corrected chi connectivity index (χ2v) is 8.20. The number of halogens is 1. The summed E-state index contributed by atoms with van der Waals surface area (Å²) in [4.78, 5) is 20.2. The zero-order valence-corrected chi connectivity index (χ0v) is 17.1. The highest BCUT2D eigenvalue weighted by Crippen LogP contribution is 2.32. The summed E-state index contributed by atoms with van der Waals surface area (Å²) in [7, 11) is 0. The van der Waals surface area contributed by atoms with E-state index in [1.54, 1.807) is 0 Å². The van der Waals surface area contributed by atoms with Gasteiger partial charge in [0.2, 0.25) is 11.6 Å². The van der Waals surface area contributed by atoms with Crippen molar-refractivity contribution in [3.05, 3.63) is 17.0 Å². The van der Waals surface area contributed by atoms with Gasteiger partial charge in [-0.2, -0.15) is 4.98 Å². The Kier molecular flexibility index (Phi) is 7.47. The van der Waals surface area contributed by atoms with Crippen LogP contribution in [0.15, 0.2) is 6.20 Å². The second kappa shape index (κ2) is 9.41. The van der Waals surface area contributed by atoms with Crippen LogP contribution in [-0.2, 0) is 4.74 Å². The number of hydrogen-bond acceptors (Lipinski definition) is 7. The van der Waals surface area contributed by atoms with E-state index in [2.05, 4.69) is 32.4 Å². The molecule has 4 N–H and O–H groups in total. The molecule has 1 aliphatic rings. The van der Waals surface area contributed by atoms with E-state index in [1.165, 1.54) is 6.20 Å². The fourth-order valence-corrected chi connectivity index (χ4v) is 3.20. The van der Waals surface area contributed by atoms with Crippen LogP contribution in [0.4, 0.5) is 10.6 Å². The lowest BCUT2D eigenvalue weighted by molar-refractivity contribution is 0.0108. The third kappa shape index (κ3) is 7.15. The maximum Gasteiger partial charge on any atom is 0.407 e. The maximum atomic E-state index is 12.1. The summed E-state index contributed by atoms with van der Waals surface area (Å²) in [5.41, 5.74) is -0.633. The number of anilines is 1. The monoisotopic (exact) mass is 410 g/mol. The predicted octanol–water partition coefficient (Wildman–Crippen LogP) is 2.43. The molecule has 28 heavy (non-hydrogen) atoms. The number of nitrogens with one attached hydrogen (secondary N) is 2. The third-order valence-electron chi connectivity index (χ3n) is 4.26. The van der Waals surface area contributed by atoms with Crippen molar-refractivity contribution in [2.75, 3.05) is 11.9 Å². The van der Waals surface area contributed by atoms with Crippen LogP contribution < -0.4 is 10.6 Å². The zero-order valence-electron chi connectivity index (χ0n) is 16.4. The molecule has 1 aromatic heterocycles. The molecule has 1 amide bonds. The lowest BCUT2D eigenvalue weighted by Gasteiger charge is -2.39. The van der Waals surface area contributed by atoms with E-state index in [0.29, 0.717) is 17.9 Å². The van der Waals surface area contributed by atoms with Gasteiger partial charge in [0.15, 0.2) is 0 Å². The largest absolute Gasteiger partial charge is 0.444 e. The first-order valence-electron chi connectivity index (χ1n) is 9.24. The number of rotatable bonds is 4. The minimum Gasteiger partial charge on any atom is -0.444 e. The molecule has 0 bridgehead atoms. The first-order valence-corrected chi connectivity index (χ1v) is 9.62. The van der Waals surface area contributed by atoms with Crippen LogP contribution in [-0.4, -0.2) is 50.2 Å². The summed E-state index contributed by atoms with van der Waals surface area (Å²) in [5, 5.41) is 24.3. The molecule has 1 aromatic rings. The summed E-state index contributed by atoms with van der Waals surface area (Å²) in [6, 6.07) is 0. The van der Waals surface area contributed by atoms with Crippen molar-refractivity contribution in [1.82, 2.24) is 15.3 Å². The summed E-state index contributed by atoms with van der Waals surface area (Å²) in [5.74, 6) is 5.28. The Labute approximate surface area is 170 Å². The number of aromatic nitrogens is 2. The molecule has 1 aliphatic carbocycles. The molecule has 1 saturated carbocycles. The van der Waals surface area contributed by atoms with Crippen molar-refractivity contribution in [1.29, 1.82) is 0 Å². The van der Waals surface area contributed by atoms with Gasteiger partial charge < -0.3 is 25.6 Å². The highest BCUT2D eigenvalue weighted by molar-refractivity contribution is 6.28. The predicted molar refractivity (Wildman–Crippen MR) is 106 cm³/mol.